The number of rotatable bonds is 3. The lowest BCUT2D eigenvalue weighted by molar-refractivity contribution is 0.0696. The Morgan fingerprint density at radius 1 is 1.47 bits per heavy atom. The first kappa shape index (κ1) is 9.39. The number of hydrogen-bond acceptors (Lipinski definition) is 3. The van der Waals surface area contributed by atoms with Gasteiger partial charge in [0.1, 0.15) is 0 Å². The summed E-state index contributed by atoms with van der Waals surface area (Å²) in [4.78, 5) is 10.7. The summed E-state index contributed by atoms with van der Waals surface area (Å²) < 4.78 is 1.64. The molecule has 1 aromatic carbocycles. The van der Waals surface area contributed by atoms with E-state index in [0.29, 0.717) is 6.54 Å². The first-order valence-corrected chi connectivity index (χ1v) is 4.42. The number of aromatic nitrogens is 3. The summed E-state index contributed by atoms with van der Waals surface area (Å²) in [5, 5.41) is 16.3. The van der Waals surface area contributed by atoms with Crippen molar-refractivity contribution >= 4 is 5.97 Å². The molecule has 0 saturated carbocycles. The van der Waals surface area contributed by atoms with Gasteiger partial charge in [-0.2, -0.15) is 0 Å². The molecule has 2 rings (SSSR count). The Bertz CT molecular complexity index is 465. The van der Waals surface area contributed by atoms with Crippen molar-refractivity contribution in [2.75, 3.05) is 0 Å². The zero-order valence-electron chi connectivity index (χ0n) is 7.87. The molecule has 0 saturated heterocycles. The van der Waals surface area contributed by atoms with Gasteiger partial charge in [0.05, 0.1) is 18.3 Å². The number of hydrogen-bond donors (Lipinski definition) is 1. The summed E-state index contributed by atoms with van der Waals surface area (Å²) in [7, 11) is 0. The smallest absolute Gasteiger partial charge is 0.335 e. The fourth-order valence-electron chi connectivity index (χ4n) is 1.31. The van der Waals surface area contributed by atoms with Crippen LogP contribution in [0, 0.1) is 0 Å². The van der Waals surface area contributed by atoms with Crippen molar-refractivity contribution in [3.05, 3.63) is 47.8 Å². The van der Waals surface area contributed by atoms with Crippen LogP contribution in [0.5, 0.6) is 0 Å². The Hall–Kier alpha value is -2.17. The summed E-state index contributed by atoms with van der Waals surface area (Å²) in [6, 6.07) is 6.76. The van der Waals surface area contributed by atoms with E-state index in [1.807, 2.05) is 6.07 Å². The lowest BCUT2D eigenvalue weighted by atomic mass is 10.1. The van der Waals surface area contributed by atoms with Crippen LogP contribution in [0.15, 0.2) is 36.7 Å². The van der Waals surface area contributed by atoms with Crippen LogP contribution in [0.3, 0.4) is 0 Å². The second-order valence-corrected chi connectivity index (χ2v) is 3.11. The first-order chi connectivity index (χ1) is 7.25. The highest BCUT2D eigenvalue weighted by atomic mass is 16.4. The van der Waals surface area contributed by atoms with Crippen molar-refractivity contribution in [3.8, 4) is 0 Å². The van der Waals surface area contributed by atoms with Gasteiger partial charge in [-0.3, -0.25) is 0 Å². The minimum Gasteiger partial charge on any atom is -0.478 e. The molecule has 0 fully saturated rings. The molecular weight excluding hydrogens is 194 g/mol. The molecule has 0 aliphatic heterocycles. The summed E-state index contributed by atoms with van der Waals surface area (Å²) >= 11 is 0. The zero-order chi connectivity index (χ0) is 10.7. The average molecular weight is 203 g/mol. The number of carbonyl (C=O) groups is 1. The standard InChI is InChI=1S/C10H9N3O2/c14-10(15)9-3-1-2-8(6-9)7-13-5-4-11-12-13/h1-6H,7H2,(H,14,15). The minimum absolute atomic E-state index is 0.285. The fraction of sp³-hybridized carbons (Fsp3) is 0.100. The van der Waals surface area contributed by atoms with E-state index in [0.717, 1.165) is 5.56 Å². The molecule has 15 heavy (non-hydrogen) atoms. The summed E-state index contributed by atoms with van der Waals surface area (Å²) in [5.41, 5.74) is 1.17. The lowest BCUT2D eigenvalue weighted by Gasteiger charge is -2.01. The molecule has 0 atom stereocenters. The maximum atomic E-state index is 10.7. The predicted molar refractivity (Wildman–Crippen MR) is 52.5 cm³/mol. The van der Waals surface area contributed by atoms with Crippen LogP contribution in [0.25, 0.3) is 0 Å². The molecule has 5 nitrogen and oxygen atoms in total. The van der Waals surface area contributed by atoms with Gasteiger partial charge in [-0.25, -0.2) is 9.48 Å². The van der Waals surface area contributed by atoms with Crippen LogP contribution in [0.2, 0.25) is 0 Å². The van der Waals surface area contributed by atoms with Crippen molar-refractivity contribution in [1.29, 1.82) is 0 Å². The van der Waals surface area contributed by atoms with E-state index in [2.05, 4.69) is 10.3 Å². The number of carboxylic acids is 1. The third-order valence-electron chi connectivity index (χ3n) is 1.99. The highest BCUT2D eigenvalue weighted by Gasteiger charge is 2.03. The van der Waals surface area contributed by atoms with Gasteiger partial charge in [-0.15, -0.1) is 5.10 Å². The largest absolute Gasteiger partial charge is 0.478 e. The normalized spacial score (nSPS) is 10.1. The molecule has 5 heteroatoms. The molecule has 0 amide bonds. The second kappa shape index (κ2) is 3.91. The Labute approximate surface area is 86.0 Å². The third kappa shape index (κ3) is 2.19. The van der Waals surface area contributed by atoms with Crippen molar-refractivity contribution in [2.24, 2.45) is 0 Å². The molecule has 1 aromatic heterocycles. The Kier molecular flexibility index (Phi) is 2.45. The van der Waals surface area contributed by atoms with Gasteiger partial charge in [0, 0.05) is 6.20 Å². The monoisotopic (exact) mass is 203 g/mol. The van der Waals surface area contributed by atoms with Crippen LogP contribution >= 0.6 is 0 Å². The van der Waals surface area contributed by atoms with Crippen molar-refractivity contribution in [3.63, 3.8) is 0 Å². The van der Waals surface area contributed by atoms with Crippen molar-refractivity contribution in [2.45, 2.75) is 6.54 Å². The van der Waals surface area contributed by atoms with Crippen LogP contribution in [0.1, 0.15) is 15.9 Å². The molecule has 2 aromatic rings. The molecule has 0 aliphatic rings. The van der Waals surface area contributed by atoms with Gasteiger partial charge >= 0.3 is 5.97 Å². The first-order valence-electron chi connectivity index (χ1n) is 4.42. The van der Waals surface area contributed by atoms with Gasteiger partial charge < -0.3 is 5.11 Å². The Morgan fingerprint density at radius 2 is 2.33 bits per heavy atom. The number of aromatic carboxylic acids is 1. The number of nitrogens with zero attached hydrogens (tertiary/aromatic N) is 3. The van der Waals surface area contributed by atoms with Gasteiger partial charge in [-0.1, -0.05) is 17.3 Å². The summed E-state index contributed by atoms with van der Waals surface area (Å²) in [5.74, 6) is -0.921. The third-order valence-corrected chi connectivity index (χ3v) is 1.99. The number of benzene rings is 1. The Balaban J connectivity index is 2.22. The maximum Gasteiger partial charge on any atom is 0.335 e. The van der Waals surface area contributed by atoms with E-state index >= 15 is 0 Å². The molecule has 0 unspecified atom stereocenters. The van der Waals surface area contributed by atoms with Gasteiger partial charge in [0.25, 0.3) is 0 Å². The summed E-state index contributed by atoms with van der Waals surface area (Å²) in [6.07, 6.45) is 3.31. The van der Waals surface area contributed by atoms with Crippen LogP contribution in [-0.2, 0) is 6.54 Å². The Morgan fingerprint density at radius 3 is 3.00 bits per heavy atom. The SMILES string of the molecule is O=C(O)c1cccc(Cn2ccnn2)c1. The van der Waals surface area contributed by atoms with Crippen LogP contribution < -0.4 is 0 Å². The maximum absolute atomic E-state index is 10.7. The van der Waals surface area contributed by atoms with E-state index in [1.54, 1.807) is 35.3 Å². The van der Waals surface area contributed by atoms with E-state index in [9.17, 15) is 4.79 Å². The topological polar surface area (TPSA) is 68.0 Å². The molecule has 0 radical (unpaired) electrons. The molecule has 0 spiro atoms. The molecule has 1 N–H and O–H groups in total. The number of carboxylic acid groups (broad SMARTS) is 1. The molecular formula is C10H9N3O2. The fourth-order valence-corrected chi connectivity index (χ4v) is 1.31. The average Bonchev–Trinajstić information content (AvgIpc) is 2.71. The summed E-state index contributed by atoms with van der Waals surface area (Å²) in [6.45, 7) is 0.529. The van der Waals surface area contributed by atoms with Crippen LogP contribution in [-0.4, -0.2) is 26.1 Å². The van der Waals surface area contributed by atoms with E-state index in [-0.39, 0.29) is 5.56 Å². The highest BCUT2D eigenvalue weighted by Crippen LogP contribution is 2.06. The quantitative estimate of drug-likeness (QED) is 0.808. The van der Waals surface area contributed by atoms with Crippen LogP contribution in [0.4, 0.5) is 0 Å². The zero-order valence-corrected chi connectivity index (χ0v) is 7.87. The minimum atomic E-state index is -0.921. The van der Waals surface area contributed by atoms with Gasteiger partial charge in [0.2, 0.25) is 0 Å². The van der Waals surface area contributed by atoms with E-state index in [1.165, 1.54) is 0 Å². The van der Waals surface area contributed by atoms with Gasteiger partial charge in [0.15, 0.2) is 0 Å². The highest BCUT2D eigenvalue weighted by molar-refractivity contribution is 5.87. The molecule has 1 heterocycles. The second-order valence-electron chi connectivity index (χ2n) is 3.11. The molecule has 0 bridgehead atoms. The van der Waals surface area contributed by atoms with Crippen molar-refractivity contribution in [1.82, 2.24) is 15.0 Å². The van der Waals surface area contributed by atoms with Gasteiger partial charge in [-0.05, 0) is 17.7 Å². The predicted octanol–water partition coefficient (Wildman–Crippen LogP) is 1.02. The van der Waals surface area contributed by atoms with Crippen molar-refractivity contribution < 1.29 is 9.90 Å². The molecule has 76 valence electrons. The molecule has 0 aliphatic carbocycles. The van der Waals surface area contributed by atoms with E-state index < -0.39 is 5.97 Å². The van der Waals surface area contributed by atoms with E-state index in [4.69, 9.17) is 5.11 Å². The lowest BCUT2D eigenvalue weighted by Crippen LogP contribution is -2.03.